The number of fused-ring (bicyclic) bond motifs is 2. The molecule has 6 atom stereocenters. The summed E-state index contributed by atoms with van der Waals surface area (Å²) >= 11 is 0. The number of pyridine rings is 1. The van der Waals surface area contributed by atoms with Crippen LogP contribution < -0.4 is 10.6 Å². The number of aromatic nitrogens is 5. The Labute approximate surface area is 325 Å². The summed E-state index contributed by atoms with van der Waals surface area (Å²) in [5, 5.41) is 5.67. The van der Waals surface area contributed by atoms with Gasteiger partial charge in [-0.05, 0) is 78.2 Å². The van der Waals surface area contributed by atoms with E-state index in [0.717, 1.165) is 77.4 Å². The van der Waals surface area contributed by atoms with E-state index >= 15 is 0 Å². The van der Waals surface area contributed by atoms with E-state index < -0.39 is 18.1 Å². The molecule has 4 N–H and O–H groups in total. The first-order valence-electron chi connectivity index (χ1n) is 19.5. The average molecular weight is 759 g/mol. The SMILES string of the molecule is COC(=O)N[C@H](C(=O)N1CCC[C@H]1c1ncc(-c2ccc(-c3ccc(-c4cnc(C5C6CCC(C6)[C@@H]5C(=O)NCc5cccnc5F)[nH]4)cc3)cc2)[nH]1)C(C)C. The quantitative estimate of drug-likeness (QED) is 0.104. The van der Waals surface area contributed by atoms with Gasteiger partial charge in [-0.15, -0.1) is 0 Å². The second-order valence-electron chi connectivity index (χ2n) is 15.6. The van der Waals surface area contributed by atoms with Gasteiger partial charge in [0.05, 0.1) is 42.9 Å². The third kappa shape index (κ3) is 7.29. The zero-order chi connectivity index (χ0) is 38.9. The number of carbonyl (C=O) groups excluding carboxylic acids is 3. The number of benzene rings is 2. The van der Waals surface area contributed by atoms with E-state index in [4.69, 9.17) is 9.72 Å². The van der Waals surface area contributed by atoms with Crippen molar-refractivity contribution in [2.24, 2.45) is 23.7 Å². The van der Waals surface area contributed by atoms with Gasteiger partial charge in [0, 0.05) is 30.8 Å². The van der Waals surface area contributed by atoms with Crippen molar-refractivity contribution in [2.45, 2.75) is 70.5 Å². The number of nitrogens with zero attached hydrogens (tertiary/aromatic N) is 4. The third-order valence-electron chi connectivity index (χ3n) is 12.0. The summed E-state index contributed by atoms with van der Waals surface area (Å²) in [6.45, 7) is 4.51. The minimum atomic E-state index is -0.686. The van der Waals surface area contributed by atoms with E-state index in [1.807, 2.05) is 24.9 Å². The lowest BCUT2D eigenvalue weighted by Crippen LogP contribution is -2.51. The van der Waals surface area contributed by atoms with Crippen molar-refractivity contribution in [3.8, 4) is 33.6 Å². The molecule has 0 spiro atoms. The Balaban J connectivity index is 0.918. The van der Waals surface area contributed by atoms with Crippen molar-refractivity contribution >= 4 is 17.9 Å². The van der Waals surface area contributed by atoms with Gasteiger partial charge >= 0.3 is 6.09 Å². The number of imidazole rings is 2. The molecular formula is C43H47FN8O4. The average Bonchev–Trinajstić information content (AvgIpc) is 4.08. The first-order valence-corrected chi connectivity index (χ1v) is 19.5. The van der Waals surface area contributed by atoms with Gasteiger partial charge in [0.15, 0.2) is 0 Å². The third-order valence-corrected chi connectivity index (χ3v) is 12.0. The van der Waals surface area contributed by atoms with Crippen LogP contribution in [-0.2, 0) is 20.9 Å². The van der Waals surface area contributed by atoms with Gasteiger partial charge in [0.1, 0.15) is 17.7 Å². The number of amides is 3. The standard InChI is InChI=1S/C43H47FN8O4/c1-24(2)37(51-43(55)56-3)42(54)52-19-5-7-34(52)39-46-22-32(49-39)27-12-8-25(9-13-27)26-10-14-28(15-11-26)33-23-47-40(50-33)35-29-16-17-30(20-29)36(35)41(53)48-21-31-6-4-18-45-38(31)44/h4,6,8-15,18,22-24,29-30,34-37H,5,7,16-17,19-21H2,1-3H3,(H,46,49)(H,47,50)(H,48,53)(H,51,55)/t29?,30?,34-,35?,36-,37-/m0/s1. The van der Waals surface area contributed by atoms with E-state index in [1.165, 1.54) is 13.3 Å². The van der Waals surface area contributed by atoms with Crippen LogP contribution in [-0.4, -0.2) is 67.4 Å². The van der Waals surface area contributed by atoms with Crippen LogP contribution in [0.2, 0.25) is 0 Å². The lowest BCUT2D eigenvalue weighted by Gasteiger charge is -2.30. The molecule has 3 fully saturated rings. The molecule has 56 heavy (non-hydrogen) atoms. The highest BCUT2D eigenvalue weighted by atomic mass is 19.1. The number of ether oxygens (including phenoxy) is 1. The molecule has 3 amide bonds. The predicted molar refractivity (Wildman–Crippen MR) is 208 cm³/mol. The summed E-state index contributed by atoms with van der Waals surface area (Å²) in [5.74, 6) is 1.20. The number of carbonyl (C=O) groups is 3. The number of alkyl carbamates (subject to hydrolysis) is 1. The molecule has 3 unspecified atom stereocenters. The monoisotopic (exact) mass is 758 g/mol. The molecule has 2 aromatic carbocycles. The summed E-state index contributed by atoms with van der Waals surface area (Å²) in [4.78, 5) is 60.9. The van der Waals surface area contributed by atoms with Gasteiger partial charge in [0.25, 0.3) is 0 Å². The summed E-state index contributed by atoms with van der Waals surface area (Å²) in [7, 11) is 1.29. The molecule has 3 aromatic heterocycles. The minimum absolute atomic E-state index is 0.00264. The van der Waals surface area contributed by atoms with E-state index in [9.17, 15) is 18.8 Å². The number of rotatable bonds is 11. The highest BCUT2D eigenvalue weighted by molar-refractivity contribution is 5.86. The number of nitrogens with one attached hydrogen (secondary N) is 4. The molecule has 13 heteroatoms. The predicted octanol–water partition coefficient (Wildman–Crippen LogP) is 7.16. The van der Waals surface area contributed by atoms with Gasteiger partial charge in [-0.3, -0.25) is 9.59 Å². The Morgan fingerprint density at radius 2 is 1.48 bits per heavy atom. The van der Waals surface area contributed by atoms with E-state index in [2.05, 4.69) is 79.1 Å². The Morgan fingerprint density at radius 3 is 2.12 bits per heavy atom. The van der Waals surface area contributed by atoms with Crippen LogP contribution >= 0.6 is 0 Å². The molecule has 1 saturated heterocycles. The molecule has 5 aromatic rings. The zero-order valence-corrected chi connectivity index (χ0v) is 31.8. The minimum Gasteiger partial charge on any atom is -0.453 e. The fraction of sp³-hybridized carbons (Fsp3) is 0.395. The van der Waals surface area contributed by atoms with Crippen molar-refractivity contribution < 1.29 is 23.5 Å². The van der Waals surface area contributed by atoms with Crippen molar-refractivity contribution in [1.82, 2.24) is 40.5 Å². The fourth-order valence-corrected chi connectivity index (χ4v) is 9.10. The van der Waals surface area contributed by atoms with Crippen LogP contribution in [0, 0.1) is 29.6 Å². The fourth-order valence-electron chi connectivity index (χ4n) is 9.10. The Kier molecular flexibility index (Phi) is 10.4. The van der Waals surface area contributed by atoms with Crippen molar-refractivity contribution in [3.63, 3.8) is 0 Å². The number of H-pyrrole nitrogens is 2. The largest absolute Gasteiger partial charge is 0.453 e. The summed E-state index contributed by atoms with van der Waals surface area (Å²) < 4.78 is 18.9. The van der Waals surface area contributed by atoms with Crippen LogP contribution in [0.4, 0.5) is 9.18 Å². The van der Waals surface area contributed by atoms with Gasteiger partial charge in [-0.25, -0.2) is 19.7 Å². The molecule has 0 radical (unpaired) electrons. The number of methoxy groups -OCH3 is 1. The Morgan fingerprint density at radius 1 is 0.857 bits per heavy atom. The Hall–Kier alpha value is -5.85. The van der Waals surface area contributed by atoms with E-state index in [1.54, 1.807) is 18.3 Å². The van der Waals surface area contributed by atoms with Crippen molar-refractivity contribution in [2.75, 3.05) is 13.7 Å². The summed E-state index contributed by atoms with van der Waals surface area (Å²) in [5.41, 5.74) is 6.26. The maximum Gasteiger partial charge on any atom is 0.407 e. The molecule has 4 heterocycles. The van der Waals surface area contributed by atoms with Crippen LogP contribution in [0.15, 0.2) is 79.3 Å². The highest BCUT2D eigenvalue weighted by Gasteiger charge is 2.52. The molecule has 2 saturated carbocycles. The van der Waals surface area contributed by atoms with Crippen LogP contribution in [0.5, 0.6) is 0 Å². The normalized spacial score (nSPS) is 22.0. The number of aromatic amines is 2. The molecule has 3 aliphatic rings. The zero-order valence-electron chi connectivity index (χ0n) is 31.8. The van der Waals surface area contributed by atoms with Crippen molar-refractivity contribution in [1.29, 1.82) is 0 Å². The van der Waals surface area contributed by atoms with E-state index in [-0.39, 0.29) is 42.2 Å². The molecule has 12 nitrogen and oxygen atoms in total. The molecule has 8 rings (SSSR count). The first kappa shape index (κ1) is 37.1. The highest BCUT2D eigenvalue weighted by Crippen LogP contribution is 2.56. The maximum absolute atomic E-state index is 14.1. The van der Waals surface area contributed by atoms with Gasteiger partial charge in [0.2, 0.25) is 17.8 Å². The molecule has 2 aliphatic carbocycles. The van der Waals surface area contributed by atoms with Gasteiger partial charge < -0.3 is 30.2 Å². The van der Waals surface area contributed by atoms with E-state index in [0.29, 0.717) is 23.9 Å². The second-order valence-corrected chi connectivity index (χ2v) is 15.6. The lowest BCUT2D eigenvalue weighted by molar-refractivity contribution is -0.135. The van der Waals surface area contributed by atoms with Crippen LogP contribution in [0.25, 0.3) is 33.6 Å². The van der Waals surface area contributed by atoms with Gasteiger partial charge in [-0.1, -0.05) is 68.4 Å². The lowest BCUT2D eigenvalue weighted by atomic mass is 9.78. The van der Waals surface area contributed by atoms with Crippen molar-refractivity contribution in [3.05, 3.63) is 102 Å². The molecule has 290 valence electrons. The second kappa shape index (κ2) is 15.7. The summed E-state index contributed by atoms with van der Waals surface area (Å²) in [6.07, 6.45) is 9.19. The topological polar surface area (TPSA) is 158 Å². The molecular weight excluding hydrogens is 712 g/mol. The number of hydrogen-bond donors (Lipinski definition) is 4. The van der Waals surface area contributed by atoms with Gasteiger partial charge in [-0.2, -0.15) is 4.39 Å². The maximum atomic E-state index is 14.1. The number of halogens is 1. The van der Waals surface area contributed by atoms with Crippen LogP contribution in [0.3, 0.4) is 0 Å². The molecule has 2 bridgehead atoms. The molecule has 1 aliphatic heterocycles. The first-order chi connectivity index (χ1) is 27.2. The number of hydrogen-bond acceptors (Lipinski definition) is 7. The number of likely N-dealkylation sites (tertiary alicyclic amines) is 1. The summed E-state index contributed by atoms with van der Waals surface area (Å²) in [6, 6.07) is 19.1. The van der Waals surface area contributed by atoms with Crippen LogP contribution in [0.1, 0.15) is 75.1 Å². The Bertz CT molecular complexity index is 2200. The smallest absolute Gasteiger partial charge is 0.407 e.